The van der Waals surface area contributed by atoms with Crippen LogP contribution in [0.4, 0.5) is 0 Å². The van der Waals surface area contributed by atoms with Gasteiger partial charge < -0.3 is 24.2 Å². The summed E-state index contributed by atoms with van der Waals surface area (Å²) in [5, 5.41) is 10.8. The molecule has 0 bridgehead atoms. The van der Waals surface area contributed by atoms with Crippen LogP contribution in [0.2, 0.25) is 0 Å². The molecule has 1 amide bonds. The predicted molar refractivity (Wildman–Crippen MR) is 144 cm³/mol. The zero-order valence-electron chi connectivity index (χ0n) is 21.9. The van der Waals surface area contributed by atoms with E-state index in [-0.39, 0.29) is 5.57 Å². The number of amides is 1. The average Bonchev–Trinajstić information content (AvgIpc) is 3.16. The largest absolute Gasteiger partial charge is 0.503 e. The molecular weight excluding hydrogens is 470 g/mol. The lowest BCUT2D eigenvalue weighted by Gasteiger charge is -2.27. The lowest BCUT2D eigenvalue weighted by Crippen LogP contribution is -2.32. The number of aliphatic hydroxyl groups excluding tert-OH is 1. The van der Waals surface area contributed by atoms with E-state index in [9.17, 15) is 14.7 Å². The van der Waals surface area contributed by atoms with Crippen LogP contribution in [-0.4, -0.2) is 55.2 Å². The summed E-state index contributed by atoms with van der Waals surface area (Å²) in [6.07, 6.45) is 6.75. The monoisotopic (exact) mass is 507 g/mol. The van der Waals surface area contributed by atoms with Crippen LogP contribution < -0.4 is 9.47 Å². The topological polar surface area (TPSA) is 85.3 Å². The van der Waals surface area contributed by atoms with Crippen molar-refractivity contribution in [2.24, 2.45) is 0 Å². The van der Waals surface area contributed by atoms with Gasteiger partial charge in [0.05, 0.1) is 24.8 Å². The van der Waals surface area contributed by atoms with Crippen molar-refractivity contribution in [3.63, 3.8) is 0 Å². The molecule has 1 aliphatic rings. The SMILES string of the molecule is CCCCCOc1ccc(C2C(C(=O)/C=C/c3ccccc3)=C(O)C(=O)N2CCCOC)cc1OCC. The Morgan fingerprint density at radius 2 is 1.78 bits per heavy atom. The van der Waals surface area contributed by atoms with E-state index in [1.165, 1.54) is 11.0 Å². The number of ketones is 1. The van der Waals surface area contributed by atoms with Gasteiger partial charge in [0.1, 0.15) is 0 Å². The molecule has 0 aromatic heterocycles. The van der Waals surface area contributed by atoms with E-state index in [2.05, 4.69) is 6.92 Å². The molecular formula is C30H37NO6. The van der Waals surface area contributed by atoms with E-state index >= 15 is 0 Å². The van der Waals surface area contributed by atoms with Gasteiger partial charge in [0.25, 0.3) is 5.91 Å². The van der Waals surface area contributed by atoms with Crippen LogP contribution in [0.1, 0.15) is 56.7 Å². The molecule has 1 N–H and O–H groups in total. The molecule has 7 heteroatoms. The molecule has 198 valence electrons. The van der Waals surface area contributed by atoms with Crippen molar-refractivity contribution in [1.29, 1.82) is 0 Å². The zero-order chi connectivity index (χ0) is 26.6. The molecule has 7 nitrogen and oxygen atoms in total. The average molecular weight is 508 g/mol. The quantitative estimate of drug-likeness (QED) is 0.247. The molecule has 1 heterocycles. The van der Waals surface area contributed by atoms with Crippen molar-refractivity contribution in [3.05, 3.63) is 77.1 Å². The summed E-state index contributed by atoms with van der Waals surface area (Å²) < 4.78 is 17.0. The minimum absolute atomic E-state index is 0.0497. The molecule has 0 fully saturated rings. The van der Waals surface area contributed by atoms with Crippen LogP contribution in [0.5, 0.6) is 11.5 Å². The number of methoxy groups -OCH3 is 1. The Balaban J connectivity index is 1.96. The molecule has 3 rings (SSSR count). The lowest BCUT2D eigenvalue weighted by atomic mass is 9.95. The Morgan fingerprint density at radius 1 is 1.00 bits per heavy atom. The molecule has 0 saturated carbocycles. The molecule has 37 heavy (non-hydrogen) atoms. The van der Waals surface area contributed by atoms with E-state index in [1.807, 2.05) is 43.3 Å². The lowest BCUT2D eigenvalue weighted by molar-refractivity contribution is -0.129. The van der Waals surface area contributed by atoms with Crippen molar-refractivity contribution in [1.82, 2.24) is 4.90 Å². The van der Waals surface area contributed by atoms with Crippen LogP contribution in [0, 0.1) is 0 Å². The number of benzene rings is 2. The highest BCUT2D eigenvalue weighted by Gasteiger charge is 2.42. The Hall–Kier alpha value is -3.58. The first-order valence-corrected chi connectivity index (χ1v) is 12.9. The van der Waals surface area contributed by atoms with Gasteiger partial charge in [0, 0.05) is 20.3 Å². The number of unbranched alkanes of at least 4 members (excludes halogenated alkanes) is 2. The molecule has 1 atom stereocenters. The van der Waals surface area contributed by atoms with E-state index in [4.69, 9.17) is 14.2 Å². The summed E-state index contributed by atoms with van der Waals surface area (Å²) in [4.78, 5) is 28.0. The first kappa shape index (κ1) is 28.0. The molecule has 2 aromatic rings. The van der Waals surface area contributed by atoms with Crippen LogP contribution in [0.3, 0.4) is 0 Å². The van der Waals surface area contributed by atoms with Crippen molar-refractivity contribution < 1.29 is 28.9 Å². The second kappa shape index (κ2) is 14.2. The van der Waals surface area contributed by atoms with Gasteiger partial charge in [-0.3, -0.25) is 9.59 Å². The number of carbonyl (C=O) groups excluding carboxylic acids is 2. The molecule has 1 unspecified atom stereocenters. The van der Waals surface area contributed by atoms with Gasteiger partial charge in [0.2, 0.25) is 0 Å². The number of hydrogen-bond acceptors (Lipinski definition) is 6. The maximum Gasteiger partial charge on any atom is 0.290 e. The third-order valence-electron chi connectivity index (χ3n) is 6.13. The summed E-state index contributed by atoms with van der Waals surface area (Å²) in [6.45, 7) is 5.80. The number of aliphatic hydroxyl groups is 1. The van der Waals surface area contributed by atoms with Gasteiger partial charge in [-0.2, -0.15) is 0 Å². The Kier molecular flexibility index (Phi) is 10.8. The number of carbonyl (C=O) groups is 2. The summed E-state index contributed by atoms with van der Waals surface area (Å²) >= 11 is 0. The molecule has 0 saturated heterocycles. The first-order chi connectivity index (χ1) is 18.0. The number of nitrogens with zero attached hydrogens (tertiary/aromatic N) is 1. The maximum atomic E-state index is 13.4. The Bertz CT molecular complexity index is 1110. The van der Waals surface area contributed by atoms with Gasteiger partial charge in [-0.1, -0.05) is 62.2 Å². The summed E-state index contributed by atoms with van der Waals surface area (Å²) in [7, 11) is 1.59. The van der Waals surface area contributed by atoms with Crippen LogP contribution >= 0.6 is 0 Å². The second-order valence-electron chi connectivity index (χ2n) is 8.81. The standard InChI is InChI=1S/C30H37NO6/c1-4-6-10-20-37-25-17-15-23(21-26(25)36-5-2)28-27(24(32)16-14-22-12-8-7-9-13-22)29(33)30(34)31(28)18-11-19-35-3/h7-9,12-17,21,28,33H,4-6,10-11,18-20H2,1-3H3/b16-14+. The minimum atomic E-state index is -0.759. The highest BCUT2D eigenvalue weighted by Crippen LogP contribution is 2.41. The van der Waals surface area contributed by atoms with Gasteiger partial charge in [0.15, 0.2) is 23.0 Å². The molecule has 1 aliphatic heterocycles. The zero-order valence-corrected chi connectivity index (χ0v) is 21.9. The van der Waals surface area contributed by atoms with E-state index in [0.717, 1.165) is 24.8 Å². The first-order valence-electron chi connectivity index (χ1n) is 12.9. The van der Waals surface area contributed by atoms with Crippen molar-refractivity contribution in [3.8, 4) is 11.5 Å². The number of rotatable bonds is 15. The third-order valence-corrected chi connectivity index (χ3v) is 6.13. The summed E-state index contributed by atoms with van der Waals surface area (Å²) in [6, 6.07) is 14.1. The van der Waals surface area contributed by atoms with Crippen LogP contribution in [-0.2, 0) is 14.3 Å². The number of allylic oxidation sites excluding steroid dienone is 1. The minimum Gasteiger partial charge on any atom is -0.503 e. The van der Waals surface area contributed by atoms with Gasteiger partial charge in [-0.25, -0.2) is 0 Å². The van der Waals surface area contributed by atoms with E-state index in [0.29, 0.717) is 49.8 Å². The fraction of sp³-hybridized carbons (Fsp3) is 0.400. The predicted octanol–water partition coefficient (Wildman–Crippen LogP) is 5.67. The fourth-order valence-electron chi connectivity index (χ4n) is 4.30. The Labute approximate surface area is 219 Å². The normalized spacial score (nSPS) is 15.6. The second-order valence-corrected chi connectivity index (χ2v) is 8.81. The smallest absolute Gasteiger partial charge is 0.290 e. The van der Waals surface area contributed by atoms with Crippen molar-refractivity contribution in [2.75, 3.05) is 33.5 Å². The third kappa shape index (κ3) is 7.23. The van der Waals surface area contributed by atoms with E-state index < -0.39 is 23.5 Å². The number of ether oxygens (including phenoxy) is 3. The van der Waals surface area contributed by atoms with Gasteiger partial charge in [-0.05, 0) is 49.1 Å². The van der Waals surface area contributed by atoms with Crippen LogP contribution in [0.15, 0.2) is 65.9 Å². The molecule has 0 aliphatic carbocycles. The number of hydrogen-bond donors (Lipinski definition) is 1. The summed E-state index contributed by atoms with van der Waals surface area (Å²) in [5.74, 6) is -0.369. The van der Waals surface area contributed by atoms with Crippen molar-refractivity contribution in [2.45, 2.75) is 45.6 Å². The van der Waals surface area contributed by atoms with E-state index in [1.54, 1.807) is 25.3 Å². The van der Waals surface area contributed by atoms with Crippen molar-refractivity contribution >= 4 is 17.8 Å². The highest BCUT2D eigenvalue weighted by molar-refractivity contribution is 6.14. The van der Waals surface area contributed by atoms with Gasteiger partial charge >= 0.3 is 0 Å². The molecule has 0 spiro atoms. The Morgan fingerprint density at radius 3 is 2.49 bits per heavy atom. The van der Waals surface area contributed by atoms with Crippen LogP contribution in [0.25, 0.3) is 6.08 Å². The maximum absolute atomic E-state index is 13.4. The molecule has 0 radical (unpaired) electrons. The summed E-state index contributed by atoms with van der Waals surface area (Å²) in [5.41, 5.74) is 1.56. The fourth-order valence-corrected chi connectivity index (χ4v) is 4.30. The van der Waals surface area contributed by atoms with Gasteiger partial charge in [-0.15, -0.1) is 0 Å². The highest BCUT2D eigenvalue weighted by atomic mass is 16.5. The molecule has 2 aromatic carbocycles.